The average molecular weight is 334 g/mol. The zero-order valence-corrected chi connectivity index (χ0v) is 15.1. The Morgan fingerprint density at radius 1 is 1.08 bits per heavy atom. The third-order valence-corrected chi connectivity index (χ3v) is 7.77. The summed E-state index contributed by atoms with van der Waals surface area (Å²) in [5.74, 6) is 0.609. The van der Waals surface area contributed by atoms with E-state index in [1.807, 2.05) is 6.07 Å². The zero-order valence-electron chi connectivity index (χ0n) is 15.1. The van der Waals surface area contributed by atoms with Crippen LogP contribution in [0.25, 0.3) is 0 Å². The van der Waals surface area contributed by atoms with E-state index in [1.165, 1.54) is 0 Å². The maximum Gasteiger partial charge on any atom is 0.110 e. The van der Waals surface area contributed by atoms with Gasteiger partial charge in [0.05, 0.1) is 24.1 Å². The molecular formula is C20H30O4. The van der Waals surface area contributed by atoms with E-state index in [2.05, 4.69) is 20.8 Å². The number of fused-ring (bicyclic) bond motifs is 4. The average Bonchev–Trinajstić information content (AvgIpc) is 2.93. The van der Waals surface area contributed by atoms with Gasteiger partial charge in [-0.15, -0.1) is 0 Å². The molecule has 2 fully saturated rings. The molecule has 134 valence electrons. The molecule has 3 aliphatic carbocycles. The molecule has 4 heteroatoms. The number of hydrogen-bond acceptors (Lipinski definition) is 4. The van der Waals surface area contributed by atoms with E-state index >= 15 is 0 Å². The molecule has 3 aliphatic rings. The maximum atomic E-state index is 11.3. The molecule has 7 atom stereocenters. The third-order valence-electron chi connectivity index (χ3n) is 7.77. The first-order valence-electron chi connectivity index (χ1n) is 9.26. The monoisotopic (exact) mass is 334 g/mol. The van der Waals surface area contributed by atoms with Crippen LogP contribution in [0, 0.1) is 28.6 Å². The SMILES string of the molecule is CC1(C)CCC[C@]2(C)[C@@H]3Cc4occc4[C@@](C)(O)[C@H]3[C@@H](O)[C@@H](O)[C@H]12. The number of rotatable bonds is 0. The number of furan rings is 1. The quantitative estimate of drug-likeness (QED) is 0.682. The predicted molar refractivity (Wildman–Crippen MR) is 90.2 cm³/mol. The van der Waals surface area contributed by atoms with Gasteiger partial charge in [0.1, 0.15) is 5.76 Å². The summed E-state index contributed by atoms with van der Waals surface area (Å²) in [7, 11) is 0. The number of hydrogen-bond donors (Lipinski definition) is 3. The van der Waals surface area contributed by atoms with Crippen molar-refractivity contribution in [3.05, 3.63) is 23.7 Å². The van der Waals surface area contributed by atoms with Gasteiger partial charge in [-0.1, -0.05) is 27.2 Å². The molecule has 1 aromatic heterocycles. The fraction of sp³-hybridized carbons (Fsp3) is 0.800. The Bertz CT molecular complexity index is 646. The smallest absolute Gasteiger partial charge is 0.110 e. The van der Waals surface area contributed by atoms with E-state index in [9.17, 15) is 15.3 Å². The molecule has 4 rings (SSSR count). The zero-order chi connectivity index (χ0) is 17.5. The van der Waals surface area contributed by atoms with Crippen LogP contribution >= 0.6 is 0 Å². The van der Waals surface area contributed by atoms with E-state index in [1.54, 1.807) is 13.2 Å². The van der Waals surface area contributed by atoms with Crippen LogP contribution in [0.2, 0.25) is 0 Å². The molecular weight excluding hydrogens is 304 g/mol. The second kappa shape index (κ2) is 4.87. The topological polar surface area (TPSA) is 73.8 Å². The van der Waals surface area contributed by atoms with Crippen LogP contribution in [0.5, 0.6) is 0 Å². The Labute approximate surface area is 143 Å². The Morgan fingerprint density at radius 3 is 2.50 bits per heavy atom. The van der Waals surface area contributed by atoms with Crippen molar-refractivity contribution in [3.63, 3.8) is 0 Å². The van der Waals surface area contributed by atoms with Crippen LogP contribution in [0.3, 0.4) is 0 Å². The first-order valence-corrected chi connectivity index (χ1v) is 9.26. The summed E-state index contributed by atoms with van der Waals surface area (Å²) in [4.78, 5) is 0. The Hall–Kier alpha value is -0.840. The van der Waals surface area contributed by atoms with Crippen molar-refractivity contribution in [3.8, 4) is 0 Å². The molecule has 0 aromatic carbocycles. The minimum absolute atomic E-state index is 0.0202. The van der Waals surface area contributed by atoms with Crippen LogP contribution in [0.4, 0.5) is 0 Å². The molecule has 2 saturated carbocycles. The highest BCUT2D eigenvalue weighted by Gasteiger charge is 2.66. The molecule has 0 radical (unpaired) electrons. The van der Waals surface area contributed by atoms with Crippen LogP contribution in [-0.4, -0.2) is 27.5 Å². The molecule has 3 N–H and O–H groups in total. The lowest BCUT2D eigenvalue weighted by molar-refractivity contribution is -0.250. The lowest BCUT2D eigenvalue weighted by Gasteiger charge is -2.65. The number of aliphatic hydroxyl groups excluding tert-OH is 2. The molecule has 1 aromatic rings. The standard InChI is InChI=1S/C20H30O4/c1-18(2)7-5-8-19(3)12-10-13-11(6-9-24-13)20(4,23)14(12)15(21)16(22)17(18)19/h6,9,12,14-17,21-23H,5,7-8,10H2,1-4H3/t12-,14-,15-,16-,17-,19-,20-/m1/s1. The van der Waals surface area contributed by atoms with Crippen molar-refractivity contribution in [2.75, 3.05) is 0 Å². The van der Waals surface area contributed by atoms with E-state index < -0.39 is 17.8 Å². The fourth-order valence-corrected chi connectivity index (χ4v) is 6.87. The van der Waals surface area contributed by atoms with Gasteiger partial charge in [-0.25, -0.2) is 0 Å². The van der Waals surface area contributed by atoms with Crippen molar-refractivity contribution in [2.45, 2.75) is 71.2 Å². The van der Waals surface area contributed by atoms with Crippen molar-refractivity contribution in [1.29, 1.82) is 0 Å². The van der Waals surface area contributed by atoms with Gasteiger partial charge in [0.15, 0.2) is 0 Å². The summed E-state index contributed by atoms with van der Waals surface area (Å²) < 4.78 is 5.68. The van der Waals surface area contributed by atoms with Gasteiger partial charge in [0, 0.05) is 17.9 Å². The maximum absolute atomic E-state index is 11.3. The molecule has 0 saturated heterocycles. The van der Waals surface area contributed by atoms with Gasteiger partial charge in [0.25, 0.3) is 0 Å². The lowest BCUT2D eigenvalue weighted by atomic mass is 9.42. The van der Waals surface area contributed by atoms with E-state index in [4.69, 9.17) is 4.42 Å². The number of aliphatic hydroxyl groups is 3. The molecule has 0 spiro atoms. The summed E-state index contributed by atoms with van der Waals surface area (Å²) in [6.07, 6.45) is 3.86. The summed E-state index contributed by atoms with van der Waals surface area (Å²) >= 11 is 0. The summed E-state index contributed by atoms with van der Waals surface area (Å²) in [6, 6.07) is 1.81. The Kier molecular flexibility index (Phi) is 3.37. The van der Waals surface area contributed by atoms with Crippen molar-refractivity contribution < 1.29 is 19.7 Å². The van der Waals surface area contributed by atoms with Gasteiger partial charge in [-0.2, -0.15) is 0 Å². The van der Waals surface area contributed by atoms with Gasteiger partial charge in [-0.3, -0.25) is 0 Å². The van der Waals surface area contributed by atoms with E-state index in [0.29, 0.717) is 0 Å². The van der Waals surface area contributed by atoms with Gasteiger partial charge < -0.3 is 19.7 Å². The fourth-order valence-electron chi connectivity index (χ4n) is 6.87. The molecule has 0 aliphatic heterocycles. The first kappa shape index (κ1) is 16.6. The Balaban J connectivity index is 1.88. The lowest BCUT2D eigenvalue weighted by Crippen LogP contribution is -2.67. The summed E-state index contributed by atoms with van der Waals surface area (Å²) in [6.45, 7) is 8.45. The predicted octanol–water partition coefficient (Wildman–Crippen LogP) is 2.84. The summed E-state index contributed by atoms with van der Waals surface area (Å²) in [5, 5.41) is 33.4. The van der Waals surface area contributed by atoms with Gasteiger partial charge in [-0.05, 0) is 48.5 Å². The Morgan fingerprint density at radius 2 is 1.79 bits per heavy atom. The second-order valence-corrected chi connectivity index (χ2v) is 9.55. The van der Waals surface area contributed by atoms with Crippen LogP contribution in [-0.2, 0) is 12.0 Å². The van der Waals surface area contributed by atoms with E-state index in [-0.39, 0.29) is 28.6 Å². The first-order chi connectivity index (χ1) is 11.1. The molecule has 0 unspecified atom stereocenters. The van der Waals surface area contributed by atoms with Crippen molar-refractivity contribution >= 4 is 0 Å². The molecule has 1 heterocycles. The second-order valence-electron chi connectivity index (χ2n) is 9.55. The van der Waals surface area contributed by atoms with Crippen molar-refractivity contribution in [2.24, 2.45) is 28.6 Å². The molecule has 0 amide bonds. The van der Waals surface area contributed by atoms with Crippen LogP contribution in [0.15, 0.2) is 16.7 Å². The van der Waals surface area contributed by atoms with Crippen molar-refractivity contribution in [1.82, 2.24) is 0 Å². The normalized spacial score (nSPS) is 49.9. The minimum atomic E-state index is -1.18. The summed E-state index contributed by atoms with van der Waals surface area (Å²) in [5.41, 5.74) is -0.541. The highest BCUT2D eigenvalue weighted by molar-refractivity contribution is 5.32. The van der Waals surface area contributed by atoms with Crippen LogP contribution < -0.4 is 0 Å². The van der Waals surface area contributed by atoms with Gasteiger partial charge >= 0.3 is 0 Å². The third kappa shape index (κ3) is 1.91. The minimum Gasteiger partial charge on any atom is -0.469 e. The largest absolute Gasteiger partial charge is 0.469 e. The molecule has 24 heavy (non-hydrogen) atoms. The van der Waals surface area contributed by atoms with Gasteiger partial charge in [0.2, 0.25) is 0 Å². The highest BCUT2D eigenvalue weighted by Crippen LogP contribution is 2.65. The molecule has 4 nitrogen and oxygen atoms in total. The van der Waals surface area contributed by atoms with Crippen LogP contribution in [0.1, 0.15) is 58.3 Å². The van der Waals surface area contributed by atoms with E-state index in [0.717, 1.165) is 37.0 Å². The molecule has 0 bridgehead atoms. The highest BCUT2D eigenvalue weighted by atomic mass is 16.3.